The average Bonchev–Trinajstić information content (AvgIpc) is 3.60. The molecular formula is C23H34N8O4S. The quantitative estimate of drug-likeness (QED) is 0.379. The van der Waals surface area contributed by atoms with E-state index in [-0.39, 0.29) is 23.8 Å². The molecule has 196 valence electrons. The molecule has 2 aliphatic heterocycles. The van der Waals surface area contributed by atoms with E-state index in [1.807, 2.05) is 30.3 Å². The van der Waals surface area contributed by atoms with Crippen molar-refractivity contribution in [2.24, 2.45) is 5.92 Å². The molecule has 2 fully saturated rings. The Morgan fingerprint density at radius 2 is 2.14 bits per heavy atom. The van der Waals surface area contributed by atoms with Gasteiger partial charge in [0.15, 0.2) is 11.4 Å². The van der Waals surface area contributed by atoms with E-state index in [2.05, 4.69) is 27.5 Å². The van der Waals surface area contributed by atoms with Gasteiger partial charge < -0.3 is 15.2 Å². The van der Waals surface area contributed by atoms with Crippen LogP contribution in [0.2, 0.25) is 0 Å². The highest BCUT2D eigenvalue weighted by molar-refractivity contribution is 7.89. The molecule has 13 heteroatoms. The molecule has 2 aliphatic rings. The molecule has 1 unspecified atom stereocenters. The molecule has 0 spiro atoms. The number of rotatable bonds is 9. The largest absolute Gasteiger partial charge is 0.489 e. The standard InChI is InChI=1S/C23H34N8O4S/c1-3-35-21-19(17-12-24-25-13-17)5-9-31-22(21)27-23(28-31)26-20-6-8-30(14-16(20)2)36(33,34)11-10-29-7-4-18(32)15-29/h5,9,12-13,16,18,20,32H,3-4,6-8,10-11,14-15H2,1-2H3,(H,24,25)(H,26,28)/t16-,18?,20+/m1/s1. The first kappa shape index (κ1) is 24.9. The van der Waals surface area contributed by atoms with Crippen molar-refractivity contribution in [3.63, 3.8) is 0 Å². The first-order valence-electron chi connectivity index (χ1n) is 12.5. The van der Waals surface area contributed by atoms with Gasteiger partial charge in [-0.25, -0.2) is 17.2 Å². The number of aliphatic hydroxyl groups excluding tert-OH is 1. The van der Waals surface area contributed by atoms with Gasteiger partial charge in [0.05, 0.1) is 24.7 Å². The van der Waals surface area contributed by atoms with Crippen molar-refractivity contribution in [3.05, 3.63) is 24.7 Å². The maximum Gasteiger partial charge on any atom is 0.243 e. The number of ether oxygens (including phenoxy) is 1. The van der Waals surface area contributed by atoms with E-state index in [1.165, 1.54) is 0 Å². The van der Waals surface area contributed by atoms with Crippen molar-refractivity contribution in [1.29, 1.82) is 0 Å². The summed E-state index contributed by atoms with van der Waals surface area (Å²) in [4.78, 5) is 6.72. The second-order valence-electron chi connectivity index (χ2n) is 9.62. The lowest BCUT2D eigenvalue weighted by Crippen LogP contribution is -2.49. The number of likely N-dealkylation sites (tertiary alicyclic amines) is 1. The minimum absolute atomic E-state index is 0.0477. The van der Waals surface area contributed by atoms with E-state index < -0.39 is 10.0 Å². The highest BCUT2D eigenvalue weighted by Gasteiger charge is 2.34. The summed E-state index contributed by atoms with van der Waals surface area (Å²) in [5, 5.41) is 24.5. The van der Waals surface area contributed by atoms with Crippen LogP contribution in [0.25, 0.3) is 16.8 Å². The predicted octanol–water partition coefficient (Wildman–Crippen LogP) is 1.04. The third kappa shape index (κ3) is 5.19. The average molecular weight is 519 g/mol. The van der Waals surface area contributed by atoms with Crippen LogP contribution in [0.1, 0.15) is 26.7 Å². The van der Waals surface area contributed by atoms with E-state index >= 15 is 0 Å². The molecule has 0 bridgehead atoms. The van der Waals surface area contributed by atoms with Gasteiger partial charge in [-0.1, -0.05) is 6.92 Å². The Bertz CT molecular complexity index is 1280. The topological polar surface area (TPSA) is 141 Å². The molecule has 5 heterocycles. The van der Waals surface area contributed by atoms with Crippen LogP contribution in [-0.4, -0.2) is 105 Å². The first-order valence-corrected chi connectivity index (χ1v) is 14.1. The highest BCUT2D eigenvalue weighted by Crippen LogP contribution is 2.33. The molecule has 0 saturated carbocycles. The van der Waals surface area contributed by atoms with Crippen molar-refractivity contribution < 1.29 is 18.3 Å². The molecule has 3 aromatic heterocycles. The number of pyridine rings is 1. The van der Waals surface area contributed by atoms with E-state index in [0.717, 1.165) is 17.7 Å². The van der Waals surface area contributed by atoms with Gasteiger partial charge in [0.2, 0.25) is 16.0 Å². The Morgan fingerprint density at radius 3 is 2.83 bits per heavy atom. The molecule has 12 nitrogen and oxygen atoms in total. The third-order valence-corrected chi connectivity index (χ3v) is 8.87. The van der Waals surface area contributed by atoms with Crippen molar-refractivity contribution in [3.8, 4) is 16.9 Å². The number of aliphatic hydroxyl groups is 1. The molecule has 0 radical (unpaired) electrons. The maximum atomic E-state index is 12.9. The van der Waals surface area contributed by atoms with Gasteiger partial charge in [0.1, 0.15) is 0 Å². The predicted molar refractivity (Wildman–Crippen MR) is 135 cm³/mol. The number of hydrogen-bond donors (Lipinski definition) is 3. The Hall–Kier alpha value is -2.74. The van der Waals surface area contributed by atoms with Crippen LogP contribution in [-0.2, 0) is 10.0 Å². The Kier molecular flexibility index (Phi) is 7.15. The summed E-state index contributed by atoms with van der Waals surface area (Å²) in [7, 11) is -3.35. The Morgan fingerprint density at radius 1 is 1.28 bits per heavy atom. The Labute approximate surface area is 210 Å². The van der Waals surface area contributed by atoms with Gasteiger partial charge in [-0.3, -0.25) is 10.00 Å². The fraction of sp³-hybridized carbons (Fsp3) is 0.609. The maximum absolute atomic E-state index is 12.9. The number of H-pyrrole nitrogens is 1. The summed E-state index contributed by atoms with van der Waals surface area (Å²) in [6.07, 6.45) is 6.42. The van der Waals surface area contributed by atoms with Crippen LogP contribution in [0.5, 0.6) is 5.75 Å². The van der Waals surface area contributed by atoms with E-state index in [4.69, 9.17) is 9.72 Å². The molecule has 0 amide bonds. The third-order valence-electron chi connectivity index (χ3n) is 7.05. The lowest BCUT2D eigenvalue weighted by molar-refractivity contribution is 0.178. The van der Waals surface area contributed by atoms with Gasteiger partial charge >= 0.3 is 0 Å². The fourth-order valence-corrected chi connectivity index (χ4v) is 6.62. The summed E-state index contributed by atoms with van der Waals surface area (Å²) < 4.78 is 35.1. The van der Waals surface area contributed by atoms with Gasteiger partial charge in [-0.05, 0) is 31.7 Å². The summed E-state index contributed by atoms with van der Waals surface area (Å²) >= 11 is 0. The molecule has 2 saturated heterocycles. The Balaban J connectivity index is 1.25. The lowest BCUT2D eigenvalue weighted by Gasteiger charge is -2.36. The number of fused-ring (bicyclic) bond motifs is 1. The zero-order valence-electron chi connectivity index (χ0n) is 20.7. The monoisotopic (exact) mass is 518 g/mol. The number of nitrogens with zero attached hydrogens (tertiary/aromatic N) is 6. The minimum atomic E-state index is -3.35. The number of anilines is 1. The van der Waals surface area contributed by atoms with Crippen molar-refractivity contribution in [1.82, 2.24) is 34.0 Å². The number of hydrogen-bond acceptors (Lipinski definition) is 9. The van der Waals surface area contributed by atoms with Crippen molar-refractivity contribution in [2.45, 2.75) is 38.8 Å². The summed E-state index contributed by atoms with van der Waals surface area (Å²) in [6, 6.07) is 1.97. The van der Waals surface area contributed by atoms with E-state index in [1.54, 1.807) is 15.0 Å². The zero-order chi connectivity index (χ0) is 25.3. The van der Waals surface area contributed by atoms with Gasteiger partial charge in [-0.15, -0.1) is 5.10 Å². The molecule has 5 rings (SSSR count). The van der Waals surface area contributed by atoms with Gasteiger partial charge in [0.25, 0.3) is 0 Å². The summed E-state index contributed by atoms with van der Waals surface area (Å²) in [5.41, 5.74) is 2.40. The number of aromatic nitrogens is 5. The van der Waals surface area contributed by atoms with Gasteiger partial charge in [-0.2, -0.15) is 10.1 Å². The SMILES string of the molecule is CCOc1c(-c2cn[nH]c2)ccn2nc(N[C@H]3CCN(S(=O)(=O)CCN4CCC(O)C4)C[C@H]3C)nc12. The number of piperidine rings is 1. The van der Waals surface area contributed by atoms with Crippen molar-refractivity contribution in [2.75, 3.05) is 50.4 Å². The van der Waals surface area contributed by atoms with Crippen LogP contribution < -0.4 is 10.1 Å². The van der Waals surface area contributed by atoms with Crippen LogP contribution in [0.4, 0.5) is 5.95 Å². The van der Waals surface area contributed by atoms with Crippen LogP contribution in [0.15, 0.2) is 24.7 Å². The normalized spacial score (nSPS) is 23.9. The van der Waals surface area contributed by atoms with Crippen LogP contribution >= 0.6 is 0 Å². The van der Waals surface area contributed by atoms with Crippen LogP contribution in [0.3, 0.4) is 0 Å². The molecule has 3 aromatic rings. The van der Waals surface area contributed by atoms with E-state index in [0.29, 0.717) is 63.0 Å². The smallest absolute Gasteiger partial charge is 0.243 e. The second kappa shape index (κ2) is 10.3. The van der Waals surface area contributed by atoms with E-state index in [9.17, 15) is 13.5 Å². The lowest BCUT2D eigenvalue weighted by atomic mass is 9.95. The second-order valence-corrected chi connectivity index (χ2v) is 11.7. The number of β-amino-alcohol motifs (C(OH)–C–C–N with tert-alkyl or cyclic N) is 1. The zero-order valence-corrected chi connectivity index (χ0v) is 21.5. The van der Waals surface area contributed by atoms with Crippen molar-refractivity contribution >= 4 is 21.6 Å². The molecule has 0 aromatic carbocycles. The number of nitrogens with one attached hydrogen (secondary N) is 2. The minimum Gasteiger partial charge on any atom is -0.489 e. The fourth-order valence-electron chi connectivity index (χ4n) is 5.03. The first-order chi connectivity index (χ1) is 17.3. The molecular weight excluding hydrogens is 484 g/mol. The highest BCUT2D eigenvalue weighted by atomic mass is 32.2. The summed E-state index contributed by atoms with van der Waals surface area (Å²) in [6.45, 7) is 7.13. The molecule has 3 N–H and O–H groups in total. The molecule has 3 atom stereocenters. The van der Waals surface area contributed by atoms with Gasteiger partial charge in [0, 0.05) is 62.3 Å². The number of sulfonamides is 1. The number of aromatic amines is 1. The summed E-state index contributed by atoms with van der Waals surface area (Å²) in [5.74, 6) is 1.29. The van der Waals surface area contributed by atoms with Crippen LogP contribution in [0, 0.1) is 5.92 Å². The molecule has 0 aliphatic carbocycles. The molecule has 36 heavy (non-hydrogen) atoms.